The van der Waals surface area contributed by atoms with Crippen LogP contribution in [0.15, 0.2) is 24.3 Å². The van der Waals surface area contributed by atoms with Gasteiger partial charge in [0.25, 0.3) is 5.91 Å². The Morgan fingerprint density at radius 1 is 1.08 bits per heavy atom. The van der Waals surface area contributed by atoms with E-state index in [-0.39, 0.29) is 35.3 Å². The lowest BCUT2D eigenvalue weighted by atomic mass is 10.1. The SMILES string of the molecule is NC(=O)c1nnc(N[C@@H]2CCCN(C(=O)C3CC3)C2)nc1Nc1ccc(C(O)N2CCOCC2)cc1. The van der Waals surface area contributed by atoms with Gasteiger partial charge in [0, 0.05) is 43.8 Å². The second kappa shape index (κ2) is 10.7. The largest absolute Gasteiger partial charge is 0.379 e. The fourth-order valence-electron chi connectivity index (χ4n) is 4.61. The first-order chi connectivity index (χ1) is 17.5. The van der Waals surface area contributed by atoms with E-state index in [2.05, 4.69) is 25.8 Å². The number of aliphatic hydroxyl groups is 1. The number of piperidine rings is 1. The summed E-state index contributed by atoms with van der Waals surface area (Å²) in [6.07, 6.45) is 3.03. The number of morpholine rings is 1. The number of aromatic nitrogens is 3. The molecule has 1 aromatic carbocycles. The van der Waals surface area contributed by atoms with E-state index in [1.165, 1.54) is 0 Å². The van der Waals surface area contributed by atoms with Crippen molar-refractivity contribution in [1.82, 2.24) is 25.0 Å². The predicted octanol–water partition coefficient (Wildman–Crippen LogP) is 0.850. The quantitative estimate of drug-likeness (QED) is 0.413. The number of nitrogens with two attached hydrogens (primary N) is 1. The van der Waals surface area contributed by atoms with Crippen molar-refractivity contribution in [3.8, 4) is 0 Å². The van der Waals surface area contributed by atoms with Crippen LogP contribution in [-0.2, 0) is 9.53 Å². The van der Waals surface area contributed by atoms with E-state index in [0.29, 0.717) is 38.5 Å². The Balaban J connectivity index is 1.26. The lowest BCUT2D eigenvalue weighted by Crippen LogP contribution is -2.46. The molecule has 3 aliphatic rings. The maximum absolute atomic E-state index is 12.5. The summed E-state index contributed by atoms with van der Waals surface area (Å²) >= 11 is 0. The number of hydrogen-bond donors (Lipinski definition) is 4. The maximum Gasteiger partial charge on any atom is 0.273 e. The molecule has 5 N–H and O–H groups in total. The van der Waals surface area contributed by atoms with Crippen LogP contribution in [0.2, 0.25) is 0 Å². The zero-order chi connectivity index (χ0) is 25.1. The van der Waals surface area contributed by atoms with Crippen LogP contribution in [0.1, 0.15) is 48.0 Å². The van der Waals surface area contributed by atoms with Gasteiger partial charge in [-0.1, -0.05) is 12.1 Å². The third kappa shape index (κ3) is 5.72. The van der Waals surface area contributed by atoms with Gasteiger partial charge in [-0.3, -0.25) is 14.5 Å². The Labute approximate surface area is 209 Å². The van der Waals surface area contributed by atoms with Gasteiger partial charge in [0.2, 0.25) is 11.9 Å². The highest BCUT2D eigenvalue weighted by Gasteiger charge is 2.35. The summed E-state index contributed by atoms with van der Waals surface area (Å²) in [6.45, 7) is 3.89. The van der Waals surface area contributed by atoms with Crippen LogP contribution in [0.25, 0.3) is 0 Å². The Hall–Kier alpha value is -3.35. The minimum atomic E-state index is -0.748. The molecule has 5 rings (SSSR count). The number of amides is 2. The molecule has 0 bridgehead atoms. The van der Waals surface area contributed by atoms with Crippen LogP contribution in [0.3, 0.4) is 0 Å². The molecule has 36 heavy (non-hydrogen) atoms. The number of anilines is 3. The van der Waals surface area contributed by atoms with Crippen molar-refractivity contribution in [1.29, 1.82) is 0 Å². The third-order valence-corrected chi connectivity index (χ3v) is 6.78. The number of nitrogens with one attached hydrogen (secondary N) is 2. The van der Waals surface area contributed by atoms with Crippen molar-refractivity contribution < 1.29 is 19.4 Å². The lowest BCUT2D eigenvalue weighted by Gasteiger charge is -2.33. The Morgan fingerprint density at radius 2 is 1.83 bits per heavy atom. The average molecular weight is 497 g/mol. The standard InChI is InChI=1S/C24H32N8O4/c25-20(33)19-21(26-17-7-5-16(6-8-17)22(34)31-10-12-36-13-11-31)28-24(30-29-19)27-18-2-1-9-32(14-18)23(35)15-3-4-15/h5-8,15,18,22,34H,1-4,9-14H2,(H2,25,33)(H2,26,27,28,30)/t18-,22?/m1/s1. The van der Waals surface area contributed by atoms with Gasteiger partial charge in [-0.15, -0.1) is 10.2 Å². The number of ether oxygens (including phenoxy) is 1. The lowest BCUT2D eigenvalue weighted by molar-refractivity contribution is -0.133. The van der Waals surface area contributed by atoms with Crippen molar-refractivity contribution in [2.24, 2.45) is 11.7 Å². The molecule has 1 saturated carbocycles. The number of nitrogens with zero attached hydrogens (tertiary/aromatic N) is 5. The van der Waals surface area contributed by atoms with Gasteiger partial charge < -0.3 is 31.1 Å². The van der Waals surface area contributed by atoms with Crippen LogP contribution in [0.5, 0.6) is 0 Å². The molecule has 12 nitrogen and oxygen atoms in total. The summed E-state index contributed by atoms with van der Waals surface area (Å²) in [5, 5.41) is 25.0. The third-order valence-electron chi connectivity index (χ3n) is 6.78. The van der Waals surface area contributed by atoms with E-state index in [0.717, 1.165) is 37.8 Å². The Kier molecular flexibility index (Phi) is 7.25. The molecular formula is C24H32N8O4. The summed E-state index contributed by atoms with van der Waals surface area (Å²) in [6, 6.07) is 7.21. The fourth-order valence-corrected chi connectivity index (χ4v) is 4.61. The summed E-state index contributed by atoms with van der Waals surface area (Å²) < 4.78 is 5.35. The number of likely N-dealkylation sites (tertiary alicyclic amines) is 1. The highest BCUT2D eigenvalue weighted by molar-refractivity contribution is 5.96. The number of aliphatic hydroxyl groups excluding tert-OH is 1. The molecule has 192 valence electrons. The van der Waals surface area contributed by atoms with Crippen molar-refractivity contribution >= 4 is 29.3 Å². The number of carbonyl (C=O) groups excluding carboxylic acids is 2. The molecule has 2 aromatic rings. The number of hydrogen-bond acceptors (Lipinski definition) is 10. The number of primary amides is 1. The van der Waals surface area contributed by atoms with Crippen molar-refractivity contribution in [3.63, 3.8) is 0 Å². The number of benzene rings is 1. The zero-order valence-electron chi connectivity index (χ0n) is 20.1. The highest BCUT2D eigenvalue weighted by atomic mass is 16.5. The number of rotatable bonds is 8. The maximum atomic E-state index is 12.5. The minimum absolute atomic E-state index is 0.00325. The van der Waals surface area contributed by atoms with Gasteiger partial charge in [-0.25, -0.2) is 0 Å². The summed E-state index contributed by atoms with van der Waals surface area (Å²) in [5.74, 6) is 0.112. The second-order valence-corrected chi connectivity index (χ2v) is 9.51. The van der Waals surface area contributed by atoms with Gasteiger partial charge >= 0.3 is 0 Å². The first-order valence-electron chi connectivity index (χ1n) is 12.4. The molecule has 12 heteroatoms. The summed E-state index contributed by atoms with van der Waals surface area (Å²) in [4.78, 5) is 32.7. The van der Waals surface area contributed by atoms with Gasteiger partial charge in [0.15, 0.2) is 11.5 Å². The van der Waals surface area contributed by atoms with E-state index in [1.807, 2.05) is 21.9 Å². The first-order valence-corrected chi connectivity index (χ1v) is 12.4. The summed E-state index contributed by atoms with van der Waals surface area (Å²) in [7, 11) is 0. The van der Waals surface area contributed by atoms with Gasteiger partial charge in [-0.2, -0.15) is 4.98 Å². The monoisotopic (exact) mass is 496 g/mol. The van der Waals surface area contributed by atoms with Gasteiger partial charge in [0.05, 0.1) is 13.2 Å². The Morgan fingerprint density at radius 3 is 2.53 bits per heavy atom. The van der Waals surface area contributed by atoms with Crippen LogP contribution in [-0.4, -0.2) is 87.3 Å². The van der Waals surface area contributed by atoms with Crippen LogP contribution >= 0.6 is 0 Å². The molecule has 2 atom stereocenters. The molecule has 1 unspecified atom stereocenters. The molecule has 1 aromatic heterocycles. The van der Waals surface area contributed by atoms with Crippen molar-refractivity contribution in [2.45, 2.75) is 38.0 Å². The Bertz CT molecular complexity index is 1090. The van der Waals surface area contributed by atoms with Crippen molar-refractivity contribution in [3.05, 3.63) is 35.5 Å². The number of carbonyl (C=O) groups is 2. The topological polar surface area (TPSA) is 159 Å². The normalized spacial score (nSPS) is 21.6. The van der Waals surface area contributed by atoms with Gasteiger partial charge in [-0.05, 0) is 43.4 Å². The fraction of sp³-hybridized carbons (Fsp3) is 0.542. The van der Waals surface area contributed by atoms with Crippen molar-refractivity contribution in [2.75, 3.05) is 50.0 Å². The smallest absolute Gasteiger partial charge is 0.273 e. The van der Waals surface area contributed by atoms with Crippen LogP contribution in [0, 0.1) is 5.92 Å². The van der Waals surface area contributed by atoms with E-state index >= 15 is 0 Å². The molecule has 1 aliphatic carbocycles. The molecule has 2 saturated heterocycles. The second-order valence-electron chi connectivity index (χ2n) is 9.51. The first kappa shape index (κ1) is 24.3. The van der Waals surface area contributed by atoms with Gasteiger partial charge in [0.1, 0.15) is 6.23 Å². The van der Waals surface area contributed by atoms with E-state index in [9.17, 15) is 14.7 Å². The average Bonchev–Trinajstić information content (AvgIpc) is 3.75. The molecule has 2 aliphatic heterocycles. The van der Waals surface area contributed by atoms with E-state index in [1.54, 1.807) is 12.1 Å². The predicted molar refractivity (Wildman–Crippen MR) is 131 cm³/mol. The molecule has 2 amide bonds. The van der Waals surface area contributed by atoms with E-state index < -0.39 is 12.1 Å². The van der Waals surface area contributed by atoms with Crippen LogP contribution < -0.4 is 16.4 Å². The minimum Gasteiger partial charge on any atom is -0.379 e. The van der Waals surface area contributed by atoms with E-state index in [4.69, 9.17) is 10.5 Å². The summed E-state index contributed by atoms with van der Waals surface area (Å²) in [5.41, 5.74) is 6.83. The zero-order valence-corrected chi connectivity index (χ0v) is 20.1. The molecule has 3 heterocycles. The molecular weight excluding hydrogens is 464 g/mol. The molecule has 0 radical (unpaired) electrons. The molecule has 0 spiro atoms. The molecule has 3 fully saturated rings. The highest BCUT2D eigenvalue weighted by Crippen LogP contribution is 2.32. The van der Waals surface area contributed by atoms with Crippen LogP contribution in [0.4, 0.5) is 17.5 Å².